The highest BCUT2D eigenvalue weighted by atomic mass is 32.1. The van der Waals surface area contributed by atoms with Gasteiger partial charge in [-0.1, -0.05) is 12.1 Å². The summed E-state index contributed by atoms with van der Waals surface area (Å²) < 4.78 is 14.6. The zero-order valence-corrected chi connectivity index (χ0v) is 16.1. The Kier molecular flexibility index (Phi) is 5.07. The SMILES string of the molecule is O=C(Nc1cc(=O)[nH]c(=S)[nH]1)c1cc2cccnc2n(Cc2ccc(F)cc2)c1=O. The van der Waals surface area contributed by atoms with Gasteiger partial charge in [0.25, 0.3) is 17.0 Å². The second-order valence-corrected chi connectivity index (χ2v) is 6.86. The largest absolute Gasteiger partial charge is 0.318 e. The van der Waals surface area contributed by atoms with E-state index in [9.17, 15) is 18.8 Å². The Labute approximate surface area is 173 Å². The lowest BCUT2D eigenvalue weighted by Crippen LogP contribution is -2.30. The summed E-state index contributed by atoms with van der Waals surface area (Å²) in [6.07, 6.45) is 1.54. The van der Waals surface area contributed by atoms with Crippen LogP contribution in [0.2, 0.25) is 0 Å². The zero-order valence-electron chi connectivity index (χ0n) is 15.3. The van der Waals surface area contributed by atoms with Crippen molar-refractivity contribution in [2.24, 2.45) is 0 Å². The minimum Gasteiger partial charge on any atom is -0.318 e. The van der Waals surface area contributed by atoms with Crippen molar-refractivity contribution in [1.82, 2.24) is 19.5 Å². The van der Waals surface area contributed by atoms with E-state index in [4.69, 9.17) is 12.2 Å². The van der Waals surface area contributed by atoms with Gasteiger partial charge in [-0.05, 0) is 48.1 Å². The molecule has 3 N–H and O–H groups in total. The molecule has 1 aromatic carbocycles. The number of amides is 1. The second kappa shape index (κ2) is 7.84. The molecule has 0 fully saturated rings. The van der Waals surface area contributed by atoms with Gasteiger partial charge < -0.3 is 10.3 Å². The number of halogens is 1. The number of nitrogens with zero attached hydrogens (tertiary/aromatic N) is 2. The van der Waals surface area contributed by atoms with Crippen molar-refractivity contribution in [3.05, 3.63) is 97.2 Å². The van der Waals surface area contributed by atoms with Crippen molar-refractivity contribution in [3.63, 3.8) is 0 Å². The Bertz CT molecular complexity index is 1410. The van der Waals surface area contributed by atoms with E-state index in [0.717, 1.165) is 6.07 Å². The molecule has 0 atom stereocenters. The van der Waals surface area contributed by atoms with Crippen molar-refractivity contribution in [3.8, 4) is 0 Å². The second-order valence-electron chi connectivity index (χ2n) is 6.45. The summed E-state index contributed by atoms with van der Waals surface area (Å²) in [6.45, 7) is 0.0984. The van der Waals surface area contributed by atoms with Gasteiger partial charge >= 0.3 is 0 Å². The molecule has 0 aliphatic carbocycles. The molecule has 0 unspecified atom stereocenters. The first kappa shape index (κ1) is 19.4. The Hall–Kier alpha value is -3.92. The van der Waals surface area contributed by atoms with Crippen LogP contribution in [0.4, 0.5) is 10.2 Å². The first-order chi connectivity index (χ1) is 14.4. The van der Waals surface area contributed by atoms with Crippen molar-refractivity contribution < 1.29 is 9.18 Å². The third kappa shape index (κ3) is 3.94. The molecule has 1 amide bonds. The molecule has 0 aliphatic heterocycles. The molecule has 0 bridgehead atoms. The Morgan fingerprint density at radius 3 is 2.63 bits per heavy atom. The van der Waals surface area contributed by atoms with Gasteiger partial charge in [0, 0.05) is 17.6 Å². The number of fused-ring (bicyclic) bond motifs is 1. The summed E-state index contributed by atoms with van der Waals surface area (Å²) >= 11 is 4.89. The molecular formula is C20H14FN5O3S. The number of rotatable bonds is 4. The third-order valence-electron chi connectivity index (χ3n) is 4.36. The molecule has 0 aliphatic rings. The molecule has 4 rings (SSSR count). The van der Waals surface area contributed by atoms with Gasteiger partial charge in [-0.3, -0.25) is 23.9 Å². The molecule has 0 spiro atoms. The number of pyridine rings is 2. The predicted molar refractivity (Wildman–Crippen MR) is 112 cm³/mol. The number of H-pyrrole nitrogens is 2. The first-order valence-electron chi connectivity index (χ1n) is 8.79. The molecular weight excluding hydrogens is 409 g/mol. The van der Waals surface area contributed by atoms with Gasteiger partial charge in [0.1, 0.15) is 22.8 Å². The number of hydrogen-bond donors (Lipinski definition) is 3. The highest BCUT2D eigenvalue weighted by Gasteiger charge is 2.17. The Balaban J connectivity index is 1.80. The van der Waals surface area contributed by atoms with Crippen LogP contribution in [0.5, 0.6) is 0 Å². The summed E-state index contributed by atoms with van der Waals surface area (Å²) in [5.41, 5.74) is -0.158. The minimum absolute atomic E-state index is 0.0363. The molecule has 8 nitrogen and oxygen atoms in total. The van der Waals surface area contributed by atoms with Crippen LogP contribution in [0.3, 0.4) is 0 Å². The Morgan fingerprint density at radius 2 is 1.90 bits per heavy atom. The lowest BCUT2D eigenvalue weighted by atomic mass is 10.1. The molecule has 10 heteroatoms. The van der Waals surface area contributed by atoms with E-state index >= 15 is 0 Å². The fraction of sp³-hybridized carbons (Fsp3) is 0.0500. The molecule has 30 heavy (non-hydrogen) atoms. The van der Waals surface area contributed by atoms with Crippen molar-refractivity contribution in [1.29, 1.82) is 0 Å². The summed E-state index contributed by atoms with van der Waals surface area (Å²) in [5.74, 6) is -1.04. The van der Waals surface area contributed by atoms with Gasteiger partial charge in [-0.2, -0.15) is 0 Å². The average Bonchev–Trinajstić information content (AvgIpc) is 2.70. The molecule has 3 aromatic heterocycles. The fourth-order valence-corrected chi connectivity index (χ4v) is 3.22. The molecule has 150 valence electrons. The maximum Gasteiger partial charge on any atom is 0.265 e. The number of benzene rings is 1. The number of aromatic amines is 2. The van der Waals surface area contributed by atoms with Gasteiger partial charge in [-0.15, -0.1) is 0 Å². The van der Waals surface area contributed by atoms with Crippen LogP contribution < -0.4 is 16.4 Å². The van der Waals surface area contributed by atoms with Crippen LogP contribution in [0, 0.1) is 10.6 Å². The summed E-state index contributed by atoms with van der Waals surface area (Å²) in [6, 6.07) is 11.7. The minimum atomic E-state index is -0.713. The highest BCUT2D eigenvalue weighted by Crippen LogP contribution is 2.14. The molecule has 0 saturated carbocycles. The number of nitrogens with one attached hydrogen (secondary N) is 3. The molecule has 3 heterocycles. The zero-order chi connectivity index (χ0) is 21.3. The van der Waals surface area contributed by atoms with Crippen molar-refractivity contribution >= 4 is 35.0 Å². The van der Waals surface area contributed by atoms with E-state index in [1.165, 1.54) is 22.8 Å². The van der Waals surface area contributed by atoms with Crippen LogP contribution in [0.15, 0.2) is 64.3 Å². The lowest BCUT2D eigenvalue weighted by Gasteiger charge is -2.12. The normalized spacial score (nSPS) is 10.8. The average molecular weight is 423 g/mol. The van der Waals surface area contributed by atoms with E-state index in [0.29, 0.717) is 16.6 Å². The summed E-state index contributed by atoms with van der Waals surface area (Å²) in [4.78, 5) is 46.7. The first-order valence-corrected chi connectivity index (χ1v) is 9.19. The molecule has 0 radical (unpaired) electrons. The van der Waals surface area contributed by atoms with Gasteiger partial charge in [0.2, 0.25) is 0 Å². The number of carbonyl (C=O) groups is 1. The van der Waals surface area contributed by atoms with E-state index in [-0.39, 0.29) is 22.7 Å². The van der Waals surface area contributed by atoms with E-state index in [1.807, 2.05) is 0 Å². The highest BCUT2D eigenvalue weighted by molar-refractivity contribution is 7.71. The summed E-state index contributed by atoms with van der Waals surface area (Å²) in [5, 5.41) is 3.05. The van der Waals surface area contributed by atoms with Crippen LogP contribution in [-0.4, -0.2) is 25.4 Å². The van der Waals surface area contributed by atoms with Crippen LogP contribution >= 0.6 is 12.2 Å². The van der Waals surface area contributed by atoms with Crippen LogP contribution in [0.1, 0.15) is 15.9 Å². The summed E-state index contributed by atoms with van der Waals surface area (Å²) in [7, 11) is 0. The topological polar surface area (TPSA) is 113 Å². The van der Waals surface area contributed by atoms with Gasteiger partial charge in [0.15, 0.2) is 4.77 Å². The fourth-order valence-electron chi connectivity index (χ4n) is 3.01. The van der Waals surface area contributed by atoms with E-state index in [1.54, 1.807) is 30.5 Å². The van der Waals surface area contributed by atoms with Gasteiger partial charge in [0.05, 0.1) is 6.54 Å². The number of carbonyl (C=O) groups excluding carboxylic acids is 1. The lowest BCUT2D eigenvalue weighted by molar-refractivity contribution is 0.102. The maximum atomic E-state index is 13.2. The van der Waals surface area contributed by atoms with Crippen LogP contribution in [-0.2, 0) is 6.54 Å². The third-order valence-corrected chi connectivity index (χ3v) is 4.56. The van der Waals surface area contributed by atoms with E-state index in [2.05, 4.69) is 20.3 Å². The van der Waals surface area contributed by atoms with Crippen LogP contribution in [0.25, 0.3) is 11.0 Å². The predicted octanol–water partition coefficient (Wildman–Crippen LogP) is 2.58. The number of anilines is 1. The molecule has 4 aromatic rings. The number of aromatic nitrogens is 4. The quantitative estimate of drug-likeness (QED) is 0.437. The maximum absolute atomic E-state index is 13.2. The van der Waals surface area contributed by atoms with Crippen molar-refractivity contribution in [2.75, 3.05) is 5.32 Å². The van der Waals surface area contributed by atoms with Crippen molar-refractivity contribution in [2.45, 2.75) is 6.54 Å². The monoisotopic (exact) mass is 423 g/mol. The standard InChI is InChI=1S/C20H14FN5O3S/c21-13-5-3-11(4-6-13)10-26-17-12(2-1-7-22-17)8-14(19(26)29)18(28)23-15-9-16(27)25-20(30)24-15/h1-9H,10H2,(H3,23,24,25,27,28,30). The molecule has 0 saturated heterocycles. The van der Waals surface area contributed by atoms with Gasteiger partial charge in [-0.25, -0.2) is 9.37 Å². The Morgan fingerprint density at radius 1 is 1.13 bits per heavy atom. The van der Waals surface area contributed by atoms with E-state index < -0.39 is 22.8 Å². The number of hydrogen-bond acceptors (Lipinski definition) is 5. The smallest absolute Gasteiger partial charge is 0.265 e.